The summed E-state index contributed by atoms with van der Waals surface area (Å²) < 4.78 is 57.8. The maximum absolute atomic E-state index is 14.4. The fourth-order valence-corrected chi connectivity index (χ4v) is 3.16. The Hall–Kier alpha value is -1.89. The average molecular weight is 394 g/mol. The molecule has 28 heavy (non-hydrogen) atoms. The zero-order valence-corrected chi connectivity index (χ0v) is 16.1. The van der Waals surface area contributed by atoms with Crippen molar-refractivity contribution in [2.75, 3.05) is 13.2 Å². The molecule has 0 amide bonds. The van der Waals surface area contributed by atoms with Gasteiger partial charge in [0.05, 0.1) is 18.8 Å². The summed E-state index contributed by atoms with van der Waals surface area (Å²) in [7, 11) is 0. The molecule has 0 unspecified atom stereocenters. The molecule has 0 atom stereocenters. The molecule has 0 spiro atoms. The number of aryl methyl sites for hydroxylation is 1. The minimum absolute atomic E-state index is 0.247. The van der Waals surface area contributed by atoms with Gasteiger partial charge in [0, 0.05) is 0 Å². The lowest BCUT2D eigenvalue weighted by Crippen LogP contribution is -2.46. The van der Waals surface area contributed by atoms with Crippen molar-refractivity contribution in [2.45, 2.75) is 51.4 Å². The first-order valence-electron chi connectivity index (χ1n) is 9.53. The third-order valence-electron chi connectivity index (χ3n) is 4.81. The van der Waals surface area contributed by atoms with Gasteiger partial charge in [-0.05, 0) is 41.7 Å². The monoisotopic (exact) mass is 394 g/mol. The molecule has 6 heteroatoms. The predicted octanol–water partition coefficient (Wildman–Crippen LogP) is 5.82. The van der Waals surface area contributed by atoms with Crippen LogP contribution in [-0.2, 0) is 26.7 Å². The minimum atomic E-state index is -3.61. The Morgan fingerprint density at radius 1 is 0.964 bits per heavy atom. The summed E-state index contributed by atoms with van der Waals surface area (Å²) >= 11 is 0. The summed E-state index contributed by atoms with van der Waals surface area (Å²) in [5.41, 5.74) is 1.01. The van der Waals surface area contributed by atoms with E-state index in [2.05, 4.69) is 11.7 Å². The van der Waals surface area contributed by atoms with Crippen molar-refractivity contribution in [1.29, 1.82) is 0 Å². The molecule has 1 aliphatic heterocycles. The number of rotatable bonds is 7. The Kier molecular flexibility index (Phi) is 6.43. The Morgan fingerprint density at radius 2 is 1.50 bits per heavy atom. The molecule has 152 valence electrons. The van der Waals surface area contributed by atoms with Crippen molar-refractivity contribution in [1.82, 2.24) is 0 Å². The summed E-state index contributed by atoms with van der Waals surface area (Å²) in [6, 6.07) is 13.8. The summed E-state index contributed by atoms with van der Waals surface area (Å²) in [6.07, 6.45) is -1.82. The number of hydrogen-bond donors (Lipinski definition) is 0. The smallest absolute Gasteiger partial charge is 0.326 e. The molecule has 3 nitrogen and oxygen atoms in total. The van der Waals surface area contributed by atoms with Gasteiger partial charge in [0.25, 0.3) is 6.48 Å². The van der Waals surface area contributed by atoms with Crippen molar-refractivity contribution in [3.8, 4) is 11.1 Å². The third-order valence-corrected chi connectivity index (χ3v) is 4.81. The first-order valence-corrected chi connectivity index (χ1v) is 9.53. The van der Waals surface area contributed by atoms with Gasteiger partial charge in [0.1, 0.15) is 0 Å². The highest BCUT2D eigenvalue weighted by atomic mass is 19.3. The van der Waals surface area contributed by atoms with E-state index < -0.39 is 18.3 Å². The van der Waals surface area contributed by atoms with Crippen LogP contribution in [0.2, 0.25) is 0 Å². The van der Waals surface area contributed by atoms with E-state index in [1.54, 1.807) is 12.1 Å². The number of halogens is 3. The van der Waals surface area contributed by atoms with Gasteiger partial charge in [-0.15, -0.1) is 0 Å². The zero-order chi connectivity index (χ0) is 20.2. The van der Waals surface area contributed by atoms with E-state index in [-0.39, 0.29) is 25.2 Å². The first-order chi connectivity index (χ1) is 13.3. The van der Waals surface area contributed by atoms with E-state index >= 15 is 0 Å². The van der Waals surface area contributed by atoms with Gasteiger partial charge in [-0.3, -0.25) is 4.74 Å². The van der Waals surface area contributed by atoms with Crippen LogP contribution in [-0.4, -0.2) is 25.4 Å². The number of hydrogen-bond acceptors (Lipinski definition) is 3. The van der Waals surface area contributed by atoms with Gasteiger partial charge in [0.2, 0.25) is 0 Å². The quantitative estimate of drug-likeness (QED) is 0.592. The van der Waals surface area contributed by atoms with E-state index in [1.165, 1.54) is 17.7 Å². The maximum atomic E-state index is 14.4. The van der Waals surface area contributed by atoms with E-state index in [0.29, 0.717) is 6.42 Å². The summed E-state index contributed by atoms with van der Waals surface area (Å²) in [5, 5.41) is 0. The van der Waals surface area contributed by atoms with Gasteiger partial charge in [-0.2, -0.15) is 8.78 Å². The predicted molar refractivity (Wildman–Crippen MR) is 101 cm³/mol. The zero-order valence-electron chi connectivity index (χ0n) is 16.1. The Balaban J connectivity index is 1.63. The molecule has 1 heterocycles. The standard InChI is InChI=1S/C22H25F3O3/c1-3-13-21(23)14-26-20(27-15-21)28-22(24,25)19-11-9-18(10-12-19)17-7-5-16(4-2)6-8-17/h5-12,20H,3-4,13-15H2,1-2H3. The summed E-state index contributed by atoms with van der Waals surface area (Å²) in [6.45, 7) is 1.66. The van der Waals surface area contributed by atoms with Crippen LogP contribution in [0.3, 0.4) is 0 Å². The van der Waals surface area contributed by atoms with Crippen molar-refractivity contribution in [3.05, 3.63) is 59.7 Å². The molecular weight excluding hydrogens is 369 g/mol. The van der Waals surface area contributed by atoms with Crippen LogP contribution >= 0.6 is 0 Å². The van der Waals surface area contributed by atoms with Gasteiger partial charge in [-0.25, -0.2) is 4.39 Å². The second-order valence-corrected chi connectivity index (χ2v) is 7.07. The normalized spacial score (nSPS) is 23.0. The first kappa shape index (κ1) is 20.8. The van der Waals surface area contributed by atoms with Gasteiger partial charge in [-0.1, -0.05) is 56.7 Å². The van der Waals surface area contributed by atoms with Crippen LogP contribution in [0.1, 0.15) is 37.8 Å². The van der Waals surface area contributed by atoms with Crippen molar-refractivity contribution >= 4 is 0 Å². The van der Waals surface area contributed by atoms with Crippen LogP contribution < -0.4 is 0 Å². The van der Waals surface area contributed by atoms with Crippen molar-refractivity contribution < 1.29 is 27.4 Å². The molecule has 1 fully saturated rings. The van der Waals surface area contributed by atoms with Gasteiger partial charge in [0.15, 0.2) is 5.67 Å². The molecule has 0 N–H and O–H groups in total. The van der Waals surface area contributed by atoms with Crippen LogP contribution in [0.5, 0.6) is 0 Å². The second-order valence-electron chi connectivity index (χ2n) is 7.07. The maximum Gasteiger partial charge on any atom is 0.387 e. The topological polar surface area (TPSA) is 27.7 Å². The molecule has 1 saturated heterocycles. The van der Waals surface area contributed by atoms with Gasteiger partial charge < -0.3 is 9.47 Å². The number of alkyl halides is 3. The molecule has 2 aromatic rings. The Morgan fingerprint density at radius 3 is 2.00 bits per heavy atom. The number of benzene rings is 2. The highest BCUT2D eigenvalue weighted by molar-refractivity contribution is 5.64. The number of ether oxygens (including phenoxy) is 3. The molecule has 3 rings (SSSR count). The highest BCUT2D eigenvalue weighted by Crippen LogP contribution is 2.35. The fraction of sp³-hybridized carbons (Fsp3) is 0.455. The lowest BCUT2D eigenvalue weighted by molar-refractivity contribution is -0.419. The Bertz CT molecular complexity index is 752. The van der Waals surface area contributed by atoms with Crippen molar-refractivity contribution in [3.63, 3.8) is 0 Å². The second kappa shape index (κ2) is 8.64. The van der Waals surface area contributed by atoms with E-state index in [4.69, 9.17) is 9.47 Å². The lowest BCUT2D eigenvalue weighted by atomic mass is 10.0. The van der Waals surface area contributed by atoms with Crippen LogP contribution in [0.4, 0.5) is 13.2 Å². The SMILES string of the molecule is CCCC1(F)COC(OC(F)(F)c2ccc(-c3ccc(CC)cc3)cc2)OC1. The van der Waals surface area contributed by atoms with Crippen LogP contribution in [0, 0.1) is 0 Å². The average Bonchev–Trinajstić information content (AvgIpc) is 2.70. The molecule has 2 aromatic carbocycles. The van der Waals surface area contributed by atoms with Gasteiger partial charge >= 0.3 is 6.11 Å². The molecule has 0 aliphatic carbocycles. The van der Waals surface area contributed by atoms with E-state index in [0.717, 1.165) is 17.5 Å². The summed E-state index contributed by atoms with van der Waals surface area (Å²) in [4.78, 5) is 0. The van der Waals surface area contributed by atoms with E-state index in [1.807, 2.05) is 31.2 Å². The van der Waals surface area contributed by atoms with E-state index in [9.17, 15) is 13.2 Å². The lowest BCUT2D eigenvalue weighted by Gasteiger charge is -2.35. The molecule has 0 radical (unpaired) electrons. The molecule has 0 aromatic heterocycles. The van der Waals surface area contributed by atoms with Crippen LogP contribution in [0.15, 0.2) is 48.5 Å². The molecule has 1 aliphatic rings. The molecular formula is C22H25F3O3. The minimum Gasteiger partial charge on any atom is -0.326 e. The third kappa shape index (κ3) is 4.93. The molecule has 0 bridgehead atoms. The fourth-order valence-electron chi connectivity index (χ4n) is 3.16. The van der Waals surface area contributed by atoms with Crippen LogP contribution in [0.25, 0.3) is 11.1 Å². The summed E-state index contributed by atoms with van der Waals surface area (Å²) in [5.74, 6) is 0. The van der Waals surface area contributed by atoms with Crippen molar-refractivity contribution in [2.24, 2.45) is 0 Å². The molecule has 0 saturated carbocycles. The highest BCUT2D eigenvalue weighted by Gasteiger charge is 2.42. The Labute approximate surface area is 163 Å². The largest absolute Gasteiger partial charge is 0.387 e.